The molecule has 0 spiro atoms. The summed E-state index contributed by atoms with van der Waals surface area (Å²) in [7, 11) is 1.75. The summed E-state index contributed by atoms with van der Waals surface area (Å²) >= 11 is 0. The second-order valence-corrected chi connectivity index (χ2v) is 9.34. The van der Waals surface area contributed by atoms with Crippen LogP contribution < -0.4 is 16.0 Å². The number of carbonyl (C=O) groups excluding carboxylic acids is 2. The lowest BCUT2D eigenvalue weighted by Crippen LogP contribution is -2.44. The summed E-state index contributed by atoms with van der Waals surface area (Å²) in [6.45, 7) is 6.52. The maximum absolute atomic E-state index is 12.8. The number of nitrogens with one attached hydrogen (secondary N) is 3. The molecule has 0 aliphatic heterocycles. The average molecular weight is 498 g/mol. The van der Waals surface area contributed by atoms with Crippen molar-refractivity contribution in [1.82, 2.24) is 16.0 Å². The second kappa shape index (κ2) is 12.4. The van der Waals surface area contributed by atoms with Crippen molar-refractivity contribution in [3.8, 4) is 0 Å². The highest BCUT2D eigenvalue weighted by Gasteiger charge is 2.37. The lowest BCUT2D eigenvalue weighted by molar-refractivity contribution is -0.143. The topological polar surface area (TPSA) is 70.2 Å². The van der Waals surface area contributed by atoms with Gasteiger partial charge in [0, 0.05) is 17.6 Å². The zero-order chi connectivity index (χ0) is 26.2. The third kappa shape index (κ3) is 11.2. The zero-order valence-electron chi connectivity index (χ0n) is 19.8. The van der Waals surface area contributed by atoms with Crippen LogP contribution in [0.25, 0.3) is 0 Å². The van der Waals surface area contributed by atoms with Gasteiger partial charge in [0.05, 0.1) is 17.7 Å². The molecule has 0 radical (unpaired) electrons. The molecule has 1 aromatic carbocycles. The Bertz CT molecular complexity index is 778. The fraction of sp³-hybridized carbons (Fsp3) is 0.652. The maximum Gasteiger partial charge on any atom is 0.416 e. The third-order valence-corrected chi connectivity index (χ3v) is 4.98. The van der Waals surface area contributed by atoms with E-state index in [1.54, 1.807) is 7.05 Å². The number of halogens is 6. The summed E-state index contributed by atoms with van der Waals surface area (Å²) in [5, 5.41) is 8.05. The number of benzene rings is 1. The summed E-state index contributed by atoms with van der Waals surface area (Å²) in [6, 6.07) is 0.912. The SMILES string of the molecule is CNCC(=O)NC(C)(C)C.O=C(NCC1CCCCC1)c1cc(C(F)(F)F)cc(C(F)(F)F)c1. The van der Waals surface area contributed by atoms with E-state index in [9.17, 15) is 35.9 Å². The van der Waals surface area contributed by atoms with Gasteiger partial charge >= 0.3 is 12.4 Å². The minimum atomic E-state index is -4.96. The minimum Gasteiger partial charge on any atom is -0.352 e. The van der Waals surface area contributed by atoms with Crippen LogP contribution in [0.3, 0.4) is 0 Å². The van der Waals surface area contributed by atoms with E-state index in [2.05, 4.69) is 16.0 Å². The molecule has 1 aromatic rings. The van der Waals surface area contributed by atoms with Crippen molar-refractivity contribution in [3.05, 3.63) is 34.9 Å². The Morgan fingerprint density at radius 2 is 1.38 bits per heavy atom. The van der Waals surface area contributed by atoms with E-state index in [-0.39, 0.29) is 30.0 Å². The second-order valence-electron chi connectivity index (χ2n) is 9.34. The quantitative estimate of drug-likeness (QED) is 0.493. The van der Waals surface area contributed by atoms with E-state index in [0.29, 0.717) is 18.7 Å². The molecular formula is C23H33F6N3O2. The van der Waals surface area contributed by atoms with Crippen LogP contribution in [0.2, 0.25) is 0 Å². The molecule has 5 nitrogen and oxygen atoms in total. The van der Waals surface area contributed by atoms with Crippen LogP contribution in [-0.2, 0) is 17.1 Å². The predicted molar refractivity (Wildman–Crippen MR) is 117 cm³/mol. The third-order valence-electron chi connectivity index (χ3n) is 4.98. The summed E-state index contributed by atoms with van der Waals surface area (Å²) in [6.07, 6.45) is -4.98. The highest BCUT2D eigenvalue weighted by molar-refractivity contribution is 5.94. The normalized spacial score (nSPS) is 15.2. The van der Waals surface area contributed by atoms with Crippen molar-refractivity contribution >= 4 is 11.8 Å². The van der Waals surface area contributed by atoms with Crippen LogP contribution in [0.4, 0.5) is 26.3 Å². The van der Waals surface area contributed by atoms with Crippen molar-refractivity contribution in [2.45, 2.75) is 70.8 Å². The van der Waals surface area contributed by atoms with Crippen LogP contribution in [0, 0.1) is 5.92 Å². The van der Waals surface area contributed by atoms with Crippen molar-refractivity contribution in [2.75, 3.05) is 20.1 Å². The minimum absolute atomic E-state index is 0.0118. The van der Waals surface area contributed by atoms with E-state index >= 15 is 0 Å². The van der Waals surface area contributed by atoms with Crippen molar-refractivity contribution in [2.24, 2.45) is 5.92 Å². The zero-order valence-corrected chi connectivity index (χ0v) is 19.8. The molecule has 1 aliphatic carbocycles. The molecule has 1 saturated carbocycles. The molecular weight excluding hydrogens is 464 g/mol. The number of rotatable bonds is 5. The van der Waals surface area contributed by atoms with E-state index in [4.69, 9.17) is 0 Å². The van der Waals surface area contributed by atoms with Gasteiger partial charge in [0.15, 0.2) is 0 Å². The Morgan fingerprint density at radius 1 is 0.882 bits per heavy atom. The van der Waals surface area contributed by atoms with Gasteiger partial charge in [0.1, 0.15) is 0 Å². The van der Waals surface area contributed by atoms with Gasteiger partial charge < -0.3 is 16.0 Å². The fourth-order valence-electron chi connectivity index (χ4n) is 3.44. The first-order valence-corrected chi connectivity index (χ1v) is 11.1. The van der Waals surface area contributed by atoms with Crippen LogP contribution in [0.15, 0.2) is 18.2 Å². The van der Waals surface area contributed by atoms with E-state index in [1.807, 2.05) is 20.8 Å². The van der Waals surface area contributed by atoms with Crippen molar-refractivity contribution in [3.63, 3.8) is 0 Å². The van der Waals surface area contributed by atoms with Gasteiger partial charge in [-0.1, -0.05) is 19.3 Å². The molecule has 1 fully saturated rings. The Balaban J connectivity index is 0.000000489. The van der Waals surface area contributed by atoms with Crippen molar-refractivity contribution in [1.29, 1.82) is 0 Å². The van der Waals surface area contributed by atoms with E-state index in [0.717, 1.165) is 32.1 Å². The first-order valence-electron chi connectivity index (χ1n) is 11.1. The molecule has 1 aliphatic rings. The lowest BCUT2D eigenvalue weighted by Gasteiger charge is -2.22. The Hall–Kier alpha value is -2.30. The van der Waals surface area contributed by atoms with Gasteiger partial charge in [-0.05, 0) is 64.8 Å². The monoisotopic (exact) mass is 497 g/mol. The summed E-state index contributed by atoms with van der Waals surface area (Å²) in [4.78, 5) is 22.9. The van der Waals surface area contributed by atoms with Crippen LogP contribution in [0.1, 0.15) is 74.4 Å². The van der Waals surface area contributed by atoms with Crippen LogP contribution in [-0.4, -0.2) is 37.5 Å². The highest BCUT2D eigenvalue weighted by Crippen LogP contribution is 2.36. The van der Waals surface area contributed by atoms with Gasteiger partial charge in [0.25, 0.3) is 5.91 Å². The number of hydrogen-bond acceptors (Lipinski definition) is 3. The molecule has 0 unspecified atom stereocenters. The molecule has 194 valence electrons. The maximum atomic E-state index is 12.8. The Morgan fingerprint density at radius 3 is 1.79 bits per heavy atom. The Labute approximate surface area is 196 Å². The van der Waals surface area contributed by atoms with Gasteiger partial charge in [-0.3, -0.25) is 9.59 Å². The molecule has 0 heterocycles. The van der Waals surface area contributed by atoms with E-state index < -0.39 is 35.0 Å². The molecule has 2 rings (SSSR count). The number of hydrogen-bond donors (Lipinski definition) is 3. The number of alkyl halides is 6. The van der Waals surface area contributed by atoms with Gasteiger partial charge in [-0.15, -0.1) is 0 Å². The average Bonchev–Trinajstić information content (AvgIpc) is 2.70. The van der Waals surface area contributed by atoms with E-state index in [1.165, 1.54) is 0 Å². The number of carbonyl (C=O) groups is 2. The van der Waals surface area contributed by atoms with Crippen LogP contribution >= 0.6 is 0 Å². The summed E-state index contributed by atoms with van der Waals surface area (Å²) < 4.78 is 76.7. The number of amides is 2. The molecule has 2 amide bonds. The first kappa shape index (κ1) is 29.7. The predicted octanol–water partition coefficient (Wildman–Crippen LogP) is 5.15. The van der Waals surface area contributed by atoms with Crippen LogP contribution in [0.5, 0.6) is 0 Å². The Kier molecular flexibility index (Phi) is 10.9. The van der Waals surface area contributed by atoms with Gasteiger partial charge in [-0.25, -0.2) is 0 Å². The highest BCUT2D eigenvalue weighted by atomic mass is 19.4. The lowest BCUT2D eigenvalue weighted by atomic mass is 9.89. The van der Waals surface area contributed by atoms with Gasteiger partial charge in [0.2, 0.25) is 5.91 Å². The molecule has 0 atom stereocenters. The summed E-state index contributed by atoms with van der Waals surface area (Å²) in [5.41, 5.74) is -3.72. The smallest absolute Gasteiger partial charge is 0.352 e. The largest absolute Gasteiger partial charge is 0.416 e. The number of likely N-dealkylation sites (N-methyl/N-ethyl adjacent to an activating group) is 1. The standard InChI is InChI=1S/C16H17F6NO.C7H16N2O/c17-15(18,19)12-6-11(7-13(8-12)16(20,21)22)14(24)23-9-10-4-2-1-3-5-10;1-7(2,3)9-6(10)5-8-4/h6-8,10H,1-5,9H2,(H,23,24);8H,5H2,1-4H3,(H,9,10). The van der Waals surface area contributed by atoms with Crippen molar-refractivity contribution < 1.29 is 35.9 Å². The first-order chi connectivity index (χ1) is 15.5. The molecule has 34 heavy (non-hydrogen) atoms. The molecule has 0 aromatic heterocycles. The molecule has 0 saturated heterocycles. The molecule has 11 heteroatoms. The molecule has 3 N–H and O–H groups in total. The summed E-state index contributed by atoms with van der Waals surface area (Å²) in [5.74, 6) is -0.664. The fourth-order valence-corrected chi connectivity index (χ4v) is 3.44. The van der Waals surface area contributed by atoms with Gasteiger partial charge in [-0.2, -0.15) is 26.3 Å². The molecule has 0 bridgehead atoms.